The van der Waals surface area contributed by atoms with Crippen molar-refractivity contribution in [3.8, 4) is 0 Å². The standard InChI is InChI=1S/C21H27N3O2S/c1-12-13(2)27-19-18(12)20(26)24(11-22-19)4-3-17(25)23-21-8-14-5-15(9-21)7-16(6-14)10-21/h11,14-16H,3-10H2,1-2H3,(H,23,25). The van der Waals surface area contributed by atoms with E-state index in [0.717, 1.165) is 52.3 Å². The maximum Gasteiger partial charge on any atom is 0.262 e. The fourth-order valence-corrected chi connectivity index (χ4v) is 7.26. The van der Waals surface area contributed by atoms with Gasteiger partial charge in [0.05, 0.1) is 11.7 Å². The van der Waals surface area contributed by atoms with Gasteiger partial charge in [-0.05, 0) is 75.7 Å². The molecule has 4 aliphatic rings. The van der Waals surface area contributed by atoms with Gasteiger partial charge in [0.1, 0.15) is 4.83 Å². The van der Waals surface area contributed by atoms with Gasteiger partial charge in [-0.1, -0.05) is 0 Å². The molecule has 0 saturated heterocycles. The number of hydrogen-bond acceptors (Lipinski definition) is 4. The van der Waals surface area contributed by atoms with Crippen molar-refractivity contribution in [1.82, 2.24) is 14.9 Å². The molecule has 0 aromatic carbocycles. The minimum atomic E-state index is -0.0237. The molecular weight excluding hydrogens is 358 g/mol. The van der Waals surface area contributed by atoms with Gasteiger partial charge in [-0.2, -0.15) is 0 Å². The second-order valence-electron chi connectivity index (χ2n) is 9.20. The van der Waals surface area contributed by atoms with Crippen LogP contribution in [0, 0.1) is 31.6 Å². The van der Waals surface area contributed by atoms with Crippen molar-refractivity contribution in [1.29, 1.82) is 0 Å². The molecule has 2 heterocycles. The molecule has 6 rings (SSSR count). The van der Waals surface area contributed by atoms with E-state index in [4.69, 9.17) is 0 Å². The molecule has 0 atom stereocenters. The van der Waals surface area contributed by atoms with E-state index < -0.39 is 0 Å². The van der Waals surface area contributed by atoms with Crippen LogP contribution in [0.1, 0.15) is 55.4 Å². The summed E-state index contributed by atoms with van der Waals surface area (Å²) in [4.78, 5) is 31.8. The number of hydrogen-bond donors (Lipinski definition) is 1. The summed E-state index contributed by atoms with van der Waals surface area (Å²) in [5.41, 5.74) is 1.03. The van der Waals surface area contributed by atoms with E-state index in [2.05, 4.69) is 10.3 Å². The second kappa shape index (κ2) is 6.16. The van der Waals surface area contributed by atoms with Crippen molar-refractivity contribution >= 4 is 27.5 Å². The Morgan fingerprint density at radius 3 is 2.48 bits per heavy atom. The van der Waals surface area contributed by atoms with E-state index in [9.17, 15) is 9.59 Å². The smallest absolute Gasteiger partial charge is 0.262 e. The summed E-state index contributed by atoms with van der Waals surface area (Å²) in [5, 5.41) is 4.10. The monoisotopic (exact) mass is 385 g/mol. The van der Waals surface area contributed by atoms with Crippen LogP contribution in [0.3, 0.4) is 0 Å². The van der Waals surface area contributed by atoms with Crippen molar-refractivity contribution in [3.63, 3.8) is 0 Å². The molecule has 4 fully saturated rings. The van der Waals surface area contributed by atoms with Gasteiger partial charge in [-0.3, -0.25) is 14.2 Å². The number of aryl methyl sites for hydroxylation is 3. The number of nitrogens with one attached hydrogen (secondary N) is 1. The molecule has 2 aromatic heterocycles. The molecule has 27 heavy (non-hydrogen) atoms. The first kappa shape index (κ1) is 17.4. The number of fused-ring (bicyclic) bond motifs is 1. The normalized spacial score (nSPS) is 31.6. The lowest BCUT2D eigenvalue weighted by atomic mass is 9.53. The van der Waals surface area contributed by atoms with Crippen LogP contribution in [0.4, 0.5) is 0 Å². The molecule has 0 aliphatic heterocycles. The number of nitrogens with zero attached hydrogens (tertiary/aromatic N) is 2. The van der Waals surface area contributed by atoms with Crippen LogP contribution in [-0.4, -0.2) is 21.0 Å². The predicted octanol–water partition coefficient (Wildman–Crippen LogP) is 3.55. The fraction of sp³-hybridized carbons (Fsp3) is 0.667. The van der Waals surface area contributed by atoms with E-state index in [1.165, 1.54) is 19.3 Å². The lowest BCUT2D eigenvalue weighted by Gasteiger charge is -2.56. The largest absolute Gasteiger partial charge is 0.351 e. The van der Waals surface area contributed by atoms with Gasteiger partial charge < -0.3 is 5.32 Å². The lowest BCUT2D eigenvalue weighted by molar-refractivity contribution is -0.127. The van der Waals surface area contributed by atoms with Crippen LogP contribution in [0.15, 0.2) is 11.1 Å². The Morgan fingerprint density at radius 2 is 1.85 bits per heavy atom. The second-order valence-corrected chi connectivity index (χ2v) is 10.4. The first-order chi connectivity index (χ1) is 12.9. The van der Waals surface area contributed by atoms with E-state index in [0.29, 0.717) is 18.4 Å². The van der Waals surface area contributed by atoms with Crippen molar-refractivity contribution in [2.75, 3.05) is 0 Å². The van der Waals surface area contributed by atoms with E-state index in [1.54, 1.807) is 22.2 Å². The summed E-state index contributed by atoms with van der Waals surface area (Å²) in [6.07, 6.45) is 9.53. The van der Waals surface area contributed by atoms with Gasteiger partial charge in [0, 0.05) is 23.4 Å². The zero-order valence-electron chi connectivity index (χ0n) is 16.1. The van der Waals surface area contributed by atoms with E-state index in [1.807, 2.05) is 13.8 Å². The molecule has 1 amide bonds. The maximum atomic E-state index is 12.8. The summed E-state index contributed by atoms with van der Waals surface area (Å²) in [6, 6.07) is 0. The Morgan fingerprint density at radius 1 is 1.22 bits per heavy atom. The molecule has 6 heteroatoms. The van der Waals surface area contributed by atoms with E-state index in [-0.39, 0.29) is 17.0 Å². The Balaban J connectivity index is 1.29. The van der Waals surface area contributed by atoms with Crippen molar-refractivity contribution in [2.45, 2.75) is 70.9 Å². The SMILES string of the molecule is Cc1sc2ncn(CCC(=O)NC34CC5CC(CC(C5)C3)C4)c(=O)c2c1C. The Hall–Kier alpha value is -1.69. The first-order valence-electron chi connectivity index (χ1n) is 10.2. The molecule has 0 unspecified atom stereocenters. The number of aromatic nitrogens is 2. The Labute approximate surface area is 163 Å². The van der Waals surface area contributed by atoms with Crippen LogP contribution >= 0.6 is 11.3 Å². The summed E-state index contributed by atoms with van der Waals surface area (Å²) in [5.74, 6) is 2.53. The van der Waals surface area contributed by atoms with Gasteiger partial charge in [0.15, 0.2) is 0 Å². The molecule has 4 aliphatic carbocycles. The summed E-state index contributed by atoms with van der Waals surface area (Å²) >= 11 is 1.56. The zero-order chi connectivity index (χ0) is 18.8. The van der Waals surface area contributed by atoms with Gasteiger partial charge in [-0.25, -0.2) is 4.98 Å². The third-order valence-corrected chi connectivity index (χ3v) is 8.29. The number of carbonyl (C=O) groups excluding carboxylic acids is 1. The molecule has 2 aromatic rings. The molecular formula is C21H27N3O2S. The van der Waals surface area contributed by atoms with Gasteiger partial charge in [-0.15, -0.1) is 11.3 Å². The van der Waals surface area contributed by atoms with Gasteiger partial charge in [0.25, 0.3) is 5.56 Å². The summed E-state index contributed by atoms with van der Waals surface area (Å²) < 4.78 is 1.60. The molecule has 144 valence electrons. The predicted molar refractivity (Wildman–Crippen MR) is 107 cm³/mol. The van der Waals surface area contributed by atoms with Gasteiger partial charge in [0.2, 0.25) is 5.91 Å². The maximum absolute atomic E-state index is 12.8. The molecule has 0 radical (unpaired) electrons. The fourth-order valence-electron chi connectivity index (χ4n) is 6.27. The van der Waals surface area contributed by atoms with Crippen LogP contribution in [0.2, 0.25) is 0 Å². The van der Waals surface area contributed by atoms with Gasteiger partial charge >= 0.3 is 0 Å². The highest BCUT2D eigenvalue weighted by Gasteiger charge is 2.51. The number of thiophene rings is 1. The number of carbonyl (C=O) groups is 1. The molecule has 4 saturated carbocycles. The minimum absolute atomic E-state index is 0.0237. The number of rotatable bonds is 4. The highest BCUT2D eigenvalue weighted by molar-refractivity contribution is 7.18. The summed E-state index contributed by atoms with van der Waals surface area (Å²) in [6.45, 7) is 4.39. The van der Waals surface area contributed by atoms with Crippen LogP contribution in [0.25, 0.3) is 10.2 Å². The van der Waals surface area contributed by atoms with E-state index >= 15 is 0 Å². The third-order valence-electron chi connectivity index (χ3n) is 7.18. The van der Waals surface area contributed by atoms with Crippen molar-refractivity contribution in [3.05, 3.63) is 27.1 Å². The van der Waals surface area contributed by atoms with Crippen molar-refractivity contribution in [2.24, 2.45) is 17.8 Å². The summed E-state index contributed by atoms with van der Waals surface area (Å²) in [7, 11) is 0. The Kier molecular flexibility index (Phi) is 3.97. The lowest BCUT2D eigenvalue weighted by Crippen LogP contribution is -2.59. The first-order valence-corrected chi connectivity index (χ1v) is 11.0. The number of amides is 1. The highest BCUT2D eigenvalue weighted by atomic mass is 32.1. The van der Waals surface area contributed by atoms with Crippen LogP contribution < -0.4 is 10.9 Å². The molecule has 5 nitrogen and oxygen atoms in total. The van der Waals surface area contributed by atoms with Crippen LogP contribution in [-0.2, 0) is 11.3 Å². The molecule has 0 spiro atoms. The highest BCUT2D eigenvalue weighted by Crippen LogP contribution is 2.55. The Bertz CT molecular complexity index is 938. The minimum Gasteiger partial charge on any atom is -0.351 e. The average molecular weight is 386 g/mol. The molecule has 1 N–H and O–H groups in total. The quantitative estimate of drug-likeness (QED) is 0.875. The zero-order valence-corrected chi connectivity index (χ0v) is 16.9. The topological polar surface area (TPSA) is 64.0 Å². The van der Waals surface area contributed by atoms with Crippen molar-refractivity contribution < 1.29 is 4.79 Å². The average Bonchev–Trinajstić information content (AvgIpc) is 2.87. The molecule has 4 bridgehead atoms. The third kappa shape index (κ3) is 2.93. The van der Waals surface area contributed by atoms with Crippen LogP contribution in [0.5, 0.6) is 0 Å².